The molecule has 1 saturated heterocycles. The second kappa shape index (κ2) is 4.62. The third kappa shape index (κ3) is 2.48. The number of carbonyl (C=O) groups is 1. The van der Waals surface area contributed by atoms with E-state index in [1.54, 1.807) is 12.1 Å². The van der Waals surface area contributed by atoms with Crippen LogP contribution in [0.2, 0.25) is 0 Å². The maximum atomic E-state index is 11.0. The van der Waals surface area contributed by atoms with E-state index < -0.39 is 0 Å². The molecular weight excluding hydrogens is 204 g/mol. The van der Waals surface area contributed by atoms with Crippen molar-refractivity contribution in [2.24, 2.45) is 0 Å². The van der Waals surface area contributed by atoms with Crippen molar-refractivity contribution in [2.45, 2.75) is 18.9 Å². The molecule has 1 amide bonds. The second-order valence-electron chi connectivity index (χ2n) is 3.70. The zero-order chi connectivity index (χ0) is 11.4. The van der Waals surface area contributed by atoms with Crippen molar-refractivity contribution in [3.8, 4) is 6.07 Å². The van der Waals surface area contributed by atoms with E-state index in [2.05, 4.69) is 15.6 Å². The molecule has 0 aliphatic carbocycles. The number of rotatable bonds is 2. The molecule has 1 fully saturated rings. The molecule has 1 aliphatic rings. The maximum Gasteiger partial charge on any atom is 0.220 e. The van der Waals surface area contributed by atoms with Crippen LogP contribution in [0.5, 0.6) is 0 Å². The summed E-state index contributed by atoms with van der Waals surface area (Å²) in [5.41, 5.74) is 0.393. The molecule has 2 heterocycles. The Labute approximate surface area is 93.5 Å². The molecule has 82 valence electrons. The number of pyridine rings is 1. The monoisotopic (exact) mass is 216 g/mol. The van der Waals surface area contributed by atoms with Gasteiger partial charge in [-0.25, -0.2) is 4.98 Å². The van der Waals surface area contributed by atoms with Gasteiger partial charge in [-0.3, -0.25) is 4.79 Å². The quantitative estimate of drug-likeness (QED) is 0.760. The molecule has 1 unspecified atom stereocenters. The highest BCUT2D eigenvalue weighted by molar-refractivity contribution is 5.76. The number of anilines is 1. The van der Waals surface area contributed by atoms with Crippen molar-refractivity contribution in [1.82, 2.24) is 10.3 Å². The van der Waals surface area contributed by atoms with E-state index in [-0.39, 0.29) is 11.9 Å². The Bertz CT molecular complexity index is 428. The lowest BCUT2D eigenvalue weighted by atomic mass is 10.1. The number of aromatic nitrogens is 1. The SMILES string of the molecule is N#Cc1cccc(NC2CCC(=O)NC2)n1. The molecule has 1 aromatic heterocycles. The molecule has 5 nitrogen and oxygen atoms in total. The van der Waals surface area contributed by atoms with Gasteiger partial charge >= 0.3 is 0 Å². The fraction of sp³-hybridized carbons (Fsp3) is 0.364. The average molecular weight is 216 g/mol. The van der Waals surface area contributed by atoms with Gasteiger partial charge in [0.25, 0.3) is 0 Å². The largest absolute Gasteiger partial charge is 0.366 e. The van der Waals surface area contributed by atoms with Gasteiger partial charge in [-0.2, -0.15) is 5.26 Å². The summed E-state index contributed by atoms with van der Waals surface area (Å²) in [4.78, 5) is 15.1. The summed E-state index contributed by atoms with van der Waals surface area (Å²) in [6, 6.07) is 7.45. The maximum absolute atomic E-state index is 11.0. The predicted octanol–water partition coefficient (Wildman–Crippen LogP) is 0.644. The Morgan fingerprint density at radius 2 is 2.44 bits per heavy atom. The number of carbonyl (C=O) groups excluding carboxylic acids is 1. The fourth-order valence-corrected chi connectivity index (χ4v) is 1.64. The van der Waals surface area contributed by atoms with Crippen LogP contribution in [0.1, 0.15) is 18.5 Å². The normalized spacial score (nSPS) is 19.7. The van der Waals surface area contributed by atoms with Crippen LogP contribution in [0, 0.1) is 11.3 Å². The summed E-state index contributed by atoms with van der Waals surface area (Å²) in [5, 5.41) is 14.7. The van der Waals surface area contributed by atoms with E-state index in [4.69, 9.17) is 5.26 Å². The number of hydrogen-bond donors (Lipinski definition) is 2. The van der Waals surface area contributed by atoms with Gasteiger partial charge in [-0.15, -0.1) is 0 Å². The first-order valence-corrected chi connectivity index (χ1v) is 5.18. The number of nitrogens with zero attached hydrogens (tertiary/aromatic N) is 2. The molecule has 0 bridgehead atoms. The van der Waals surface area contributed by atoms with E-state index in [0.29, 0.717) is 24.5 Å². The van der Waals surface area contributed by atoms with Crippen LogP contribution in [0.15, 0.2) is 18.2 Å². The first-order valence-electron chi connectivity index (χ1n) is 5.18. The van der Waals surface area contributed by atoms with Gasteiger partial charge in [0.1, 0.15) is 17.6 Å². The highest BCUT2D eigenvalue weighted by Crippen LogP contribution is 2.10. The number of amides is 1. The minimum atomic E-state index is 0.0942. The lowest BCUT2D eigenvalue weighted by Gasteiger charge is -2.23. The molecule has 2 rings (SSSR count). The van der Waals surface area contributed by atoms with Crippen LogP contribution in [0.4, 0.5) is 5.82 Å². The van der Waals surface area contributed by atoms with E-state index in [1.807, 2.05) is 12.1 Å². The molecule has 1 aliphatic heterocycles. The molecule has 1 aromatic rings. The van der Waals surface area contributed by atoms with Crippen LogP contribution >= 0.6 is 0 Å². The van der Waals surface area contributed by atoms with Crippen molar-refractivity contribution in [2.75, 3.05) is 11.9 Å². The summed E-state index contributed by atoms with van der Waals surface area (Å²) in [6.45, 7) is 0.608. The van der Waals surface area contributed by atoms with Crippen molar-refractivity contribution >= 4 is 11.7 Å². The number of nitriles is 1. The predicted molar refractivity (Wildman–Crippen MR) is 58.6 cm³/mol. The third-order valence-corrected chi connectivity index (χ3v) is 2.48. The van der Waals surface area contributed by atoms with Gasteiger partial charge in [-0.1, -0.05) is 6.07 Å². The Morgan fingerprint density at radius 3 is 3.12 bits per heavy atom. The molecule has 2 N–H and O–H groups in total. The van der Waals surface area contributed by atoms with Crippen LogP contribution in [0.3, 0.4) is 0 Å². The second-order valence-corrected chi connectivity index (χ2v) is 3.70. The zero-order valence-electron chi connectivity index (χ0n) is 8.73. The highest BCUT2D eigenvalue weighted by atomic mass is 16.1. The summed E-state index contributed by atoms with van der Waals surface area (Å²) >= 11 is 0. The van der Waals surface area contributed by atoms with Crippen LogP contribution in [-0.2, 0) is 4.79 Å². The molecule has 16 heavy (non-hydrogen) atoms. The molecule has 0 radical (unpaired) electrons. The van der Waals surface area contributed by atoms with Gasteiger partial charge in [0.2, 0.25) is 5.91 Å². The molecule has 0 saturated carbocycles. The van der Waals surface area contributed by atoms with E-state index >= 15 is 0 Å². The minimum Gasteiger partial charge on any atom is -0.366 e. The van der Waals surface area contributed by atoms with Gasteiger partial charge in [0.15, 0.2) is 0 Å². The van der Waals surface area contributed by atoms with Gasteiger partial charge < -0.3 is 10.6 Å². The van der Waals surface area contributed by atoms with E-state index in [0.717, 1.165) is 6.42 Å². The number of hydrogen-bond acceptors (Lipinski definition) is 4. The third-order valence-electron chi connectivity index (χ3n) is 2.48. The molecule has 5 heteroatoms. The van der Waals surface area contributed by atoms with E-state index in [9.17, 15) is 4.79 Å². The van der Waals surface area contributed by atoms with Gasteiger partial charge in [0.05, 0.1) is 0 Å². The molecule has 0 spiro atoms. The van der Waals surface area contributed by atoms with Gasteiger partial charge in [-0.05, 0) is 18.6 Å². The number of nitrogens with one attached hydrogen (secondary N) is 2. The van der Waals surface area contributed by atoms with Crippen LogP contribution in [-0.4, -0.2) is 23.5 Å². The molecular formula is C11H12N4O. The fourth-order valence-electron chi connectivity index (χ4n) is 1.64. The Kier molecular flexibility index (Phi) is 3.01. The topological polar surface area (TPSA) is 77.8 Å². The van der Waals surface area contributed by atoms with Crippen LogP contribution < -0.4 is 10.6 Å². The lowest BCUT2D eigenvalue weighted by molar-refractivity contribution is -0.122. The summed E-state index contributed by atoms with van der Waals surface area (Å²) in [7, 11) is 0. The minimum absolute atomic E-state index is 0.0942. The first-order chi connectivity index (χ1) is 7.78. The Hall–Kier alpha value is -2.09. The van der Waals surface area contributed by atoms with Crippen molar-refractivity contribution in [3.05, 3.63) is 23.9 Å². The standard InChI is InChI=1S/C11H12N4O/c12-6-8-2-1-3-10(14-8)15-9-4-5-11(16)13-7-9/h1-3,9H,4-5,7H2,(H,13,16)(H,14,15). The Morgan fingerprint density at radius 1 is 1.56 bits per heavy atom. The van der Waals surface area contributed by atoms with Gasteiger partial charge in [0, 0.05) is 19.0 Å². The summed E-state index contributed by atoms with van der Waals surface area (Å²) in [6.07, 6.45) is 1.33. The summed E-state index contributed by atoms with van der Waals surface area (Å²) < 4.78 is 0. The summed E-state index contributed by atoms with van der Waals surface area (Å²) in [5.74, 6) is 0.775. The van der Waals surface area contributed by atoms with Crippen molar-refractivity contribution in [3.63, 3.8) is 0 Å². The highest BCUT2D eigenvalue weighted by Gasteiger charge is 2.17. The smallest absolute Gasteiger partial charge is 0.220 e. The van der Waals surface area contributed by atoms with E-state index in [1.165, 1.54) is 0 Å². The van der Waals surface area contributed by atoms with Crippen molar-refractivity contribution < 1.29 is 4.79 Å². The zero-order valence-corrected chi connectivity index (χ0v) is 8.73. The first kappa shape index (κ1) is 10.4. The van der Waals surface area contributed by atoms with Crippen molar-refractivity contribution in [1.29, 1.82) is 5.26 Å². The van der Waals surface area contributed by atoms with Crippen LogP contribution in [0.25, 0.3) is 0 Å². The molecule has 1 atom stereocenters. The molecule has 0 aromatic carbocycles. The number of piperidine rings is 1. The Balaban J connectivity index is 1.98. The lowest BCUT2D eigenvalue weighted by Crippen LogP contribution is -2.42. The average Bonchev–Trinajstić information content (AvgIpc) is 2.32.